The van der Waals surface area contributed by atoms with Gasteiger partial charge in [0.15, 0.2) is 33.6 Å². The number of carboxylic acid groups (broad SMARTS) is 1. The number of Topliss-reactive ketones (excluding diaryl/α,β-unsaturated/α-hetero) is 3. The maximum Gasteiger partial charge on any atom is 0.341 e. The summed E-state index contributed by atoms with van der Waals surface area (Å²) in [6, 6.07) is 28.1. The second-order valence-corrected chi connectivity index (χ2v) is 31.6. The zero-order valence-electron chi connectivity index (χ0n) is 70.5. The van der Waals surface area contributed by atoms with Crippen molar-refractivity contribution in [3.8, 4) is 23.0 Å². The molecule has 630 valence electrons. The Bertz CT molecular complexity index is 5480. The van der Waals surface area contributed by atoms with E-state index in [4.69, 9.17) is 53.8 Å². The standard InChI is InChI=1S/C25H27ClFNO3.C23H23ClFNO5.C19H25NO3.C18H23NO4.C8H8ClF/c1-6-21(14(2)3)28-13-19(15(4)29)25(30)18-11-17(23(31-5)12-22(18)28)10-16-8-7-9-20(26)24(16)27;1-12(2)19(11-27)26-10-16(23(29)30)22(28)15-8-14(20(31-3)9-18(15)26)7-13-5-4-6-17(24)21(13)25;1-7-16(11(2)3)20-10-15(13(5)21)19(22)14-8-12(4)18(23-6)9-17(14)20;1-10(2)16(9-20)19-8-14(12(4)21)18(22)13-6-11(3)17(23-5)7-15(13)19;1-2-6-4-3-5-7(9)8(6)10/h7-9,11-14,21H,6,10H2,1-5H3;4-6,8-10,12,19,27H,7,11H2,1-3H3,(H,29,30);8-11,16H,7H2,1-6H3;6-8,10,16,20H,9H2,1-5H3;3-5H,2H2,1H3/t21-;19-;2*16-;/m1111./s1. The van der Waals surface area contributed by atoms with Crippen LogP contribution in [0.3, 0.4) is 0 Å². The molecule has 7 aromatic carbocycles. The quantitative estimate of drug-likeness (QED) is 0.0450. The smallest absolute Gasteiger partial charge is 0.341 e. The number of nitrogens with zero attached hydrogens (tertiary/aromatic N) is 4. The lowest BCUT2D eigenvalue weighted by Crippen LogP contribution is -2.25. The largest absolute Gasteiger partial charge is 0.496 e. The molecular formula is C93H106Cl3F3N4O15. The van der Waals surface area contributed by atoms with Crippen molar-refractivity contribution in [3.05, 3.63) is 263 Å². The predicted octanol–water partition coefficient (Wildman–Crippen LogP) is 20.4. The summed E-state index contributed by atoms with van der Waals surface area (Å²) in [6.45, 7) is 30.0. The van der Waals surface area contributed by atoms with Gasteiger partial charge < -0.3 is 52.5 Å². The SMILES string of the molecule is CC[C@H](C(C)C)n1cc(C(C)=O)c(=O)c2cc(C)c(OC)cc21.CC[C@H](C(C)C)n1cc(C(C)=O)c(=O)c2cc(Cc3cccc(Cl)c3F)c(OC)cc21.CCc1cccc(Cl)c1F.COc1cc2c(cc1C)c(=O)c(C(C)=O)cn2[C@H](CO)C(C)C.COc1cc2c(cc1Cc1cccc(Cl)c1F)c(=O)c(C(=O)O)cn2[C@H](CO)C(C)C. The van der Waals surface area contributed by atoms with Crippen LogP contribution in [0.5, 0.6) is 23.0 Å². The highest BCUT2D eigenvalue weighted by Gasteiger charge is 2.28. The molecule has 4 heterocycles. The van der Waals surface area contributed by atoms with Gasteiger partial charge in [-0.25, -0.2) is 18.0 Å². The van der Waals surface area contributed by atoms with E-state index in [1.54, 1.807) is 111 Å². The second-order valence-electron chi connectivity index (χ2n) is 30.4. The minimum atomic E-state index is -1.36. The molecule has 4 aromatic heterocycles. The lowest BCUT2D eigenvalue weighted by atomic mass is 9.97. The molecule has 0 unspecified atom stereocenters. The molecule has 0 fully saturated rings. The Hall–Kier alpha value is -10.4. The fourth-order valence-electron chi connectivity index (χ4n) is 14.7. The van der Waals surface area contributed by atoms with Crippen molar-refractivity contribution in [1.29, 1.82) is 0 Å². The zero-order chi connectivity index (χ0) is 87.9. The van der Waals surface area contributed by atoms with E-state index in [2.05, 4.69) is 46.1 Å². The van der Waals surface area contributed by atoms with Gasteiger partial charge in [-0.15, -0.1) is 0 Å². The highest BCUT2D eigenvalue weighted by molar-refractivity contribution is 6.31. The average molecular weight is 1680 g/mol. The van der Waals surface area contributed by atoms with Gasteiger partial charge in [-0.3, -0.25) is 33.6 Å². The highest BCUT2D eigenvalue weighted by atomic mass is 35.5. The first kappa shape index (κ1) is 94.8. The normalized spacial score (nSPS) is 12.3. The number of aromatic carboxylic acids is 1. The van der Waals surface area contributed by atoms with Crippen LogP contribution in [0.1, 0.15) is 214 Å². The number of hydrogen-bond acceptors (Lipinski definition) is 14. The first-order valence-electron chi connectivity index (χ1n) is 39.0. The number of rotatable bonds is 25. The summed E-state index contributed by atoms with van der Waals surface area (Å²) in [6.07, 6.45) is 8.94. The van der Waals surface area contributed by atoms with Crippen LogP contribution in [0.4, 0.5) is 13.2 Å². The van der Waals surface area contributed by atoms with Crippen LogP contribution in [0.25, 0.3) is 43.6 Å². The van der Waals surface area contributed by atoms with Crippen molar-refractivity contribution in [3.63, 3.8) is 0 Å². The summed E-state index contributed by atoms with van der Waals surface area (Å²) < 4.78 is 71.2. The van der Waals surface area contributed by atoms with E-state index in [0.29, 0.717) is 96.0 Å². The van der Waals surface area contributed by atoms with Crippen molar-refractivity contribution < 1.29 is 66.6 Å². The summed E-state index contributed by atoms with van der Waals surface area (Å²) in [4.78, 5) is 99.1. The molecule has 0 aliphatic heterocycles. The second kappa shape index (κ2) is 41.8. The Balaban J connectivity index is 0.000000210. The molecule has 0 bridgehead atoms. The summed E-state index contributed by atoms with van der Waals surface area (Å²) in [5, 5.41) is 31.1. The molecule has 0 radical (unpaired) electrons. The van der Waals surface area contributed by atoms with Crippen molar-refractivity contribution >= 4 is 102 Å². The number of aryl methyl sites for hydroxylation is 3. The Morgan fingerprint density at radius 3 is 0.907 bits per heavy atom. The van der Waals surface area contributed by atoms with Crippen molar-refractivity contribution in [2.45, 2.75) is 167 Å². The van der Waals surface area contributed by atoms with Crippen LogP contribution in [-0.4, -0.2) is 98.6 Å². The number of aromatic nitrogens is 4. The number of ketones is 3. The van der Waals surface area contributed by atoms with Gasteiger partial charge in [0.25, 0.3) is 0 Å². The van der Waals surface area contributed by atoms with Gasteiger partial charge in [-0.05, 0) is 159 Å². The number of aliphatic hydroxyl groups excluding tert-OH is 2. The first-order chi connectivity index (χ1) is 55.8. The third-order valence-electron chi connectivity index (χ3n) is 21.3. The number of methoxy groups -OCH3 is 4. The van der Waals surface area contributed by atoms with Crippen molar-refractivity contribution in [2.24, 2.45) is 23.7 Å². The average Bonchev–Trinajstić information content (AvgIpc) is 0.750. The van der Waals surface area contributed by atoms with E-state index in [0.717, 1.165) is 35.2 Å². The maximum atomic E-state index is 14.5. The van der Waals surface area contributed by atoms with Crippen LogP contribution < -0.4 is 40.7 Å². The number of ether oxygens (including phenoxy) is 4. The topological polar surface area (TPSA) is 254 Å². The predicted molar refractivity (Wildman–Crippen MR) is 465 cm³/mol. The van der Waals surface area contributed by atoms with Crippen LogP contribution in [0.2, 0.25) is 15.1 Å². The van der Waals surface area contributed by atoms with Crippen LogP contribution in [0, 0.1) is 55.0 Å². The minimum Gasteiger partial charge on any atom is -0.496 e. The molecule has 25 heteroatoms. The summed E-state index contributed by atoms with van der Waals surface area (Å²) in [7, 11) is 6.21. The lowest BCUT2D eigenvalue weighted by Gasteiger charge is -2.26. The lowest BCUT2D eigenvalue weighted by molar-refractivity contribution is 0.0693. The molecule has 0 spiro atoms. The Morgan fingerprint density at radius 2 is 0.653 bits per heavy atom. The fourth-order valence-corrected chi connectivity index (χ4v) is 15.3. The molecule has 4 atom stereocenters. The van der Waals surface area contributed by atoms with E-state index in [1.807, 2.05) is 75.8 Å². The monoisotopic (exact) mass is 1680 g/mol. The number of pyridine rings is 4. The van der Waals surface area contributed by atoms with Crippen molar-refractivity contribution in [1.82, 2.24) is 18.3 Å². The number of fused-ring (bicyclic) bond motifs is 4. The maximum absolute atomic E-state index is 14.5. The molecule has 0 saturated heterocycles. The number of halogens is 6. The number of aliphatic hydroxyl groups is 2. The number of carboxylic acids is 1. The van der Waals surface area contributed by atoms with Crippen molar-refractivity contribution in [2.75, 3.05) is 41.7 Å². The van der Waals surface area contributed by atoms with Gasteiger partial charge in [0.2, 0.25) is 5.43 Å². The molecule has 3 N–H and O–H groups in total. The Morgan fingerprint density at radius 1 is 0.390 bits per heavy atom. The van der Waals surface area contributed by atoms with Gasteiger partial charge in [0.05, 0.1) is 108 Å². The number of benzene rings is 7. The molecule has 11 rings (SSSR count). The van der Waals surface area contributed by atoms with Gasteiger partial charge in [-0.1, -0.05) is 147 Å². The van der Waals surface area contributed by atoms with E-state index in [1.165, 1.54) is 52.3 Å². The Labute approximate surface area is 700 Å². The molecular weight excluding hydrogens is 1580 g/mol. The highest BCUT2D eigenvalue weighted by Crippen LogP contribution is 2.37. The fraction of sp³-hybridized carbons (Fsp3) is 0.376. The summed E-state index contributed by atoms with van der Waals surface area (Å²) >= 11 is 17.3. The molecule has 19 nitrogen and oxygen atoms in total. The van der Waals surface area contributed by atoms with E-state index < -0.39 is 34.6 Å². The molecule has 0 amide bonds. The van der Waals surface area contributed by atoms with Gasteiger partial charge in [0.1, 0.15) is 46.0 Å². The van der Waals surface area contributed by atoms with Gasteiger partial charge in [0, 0.05) is 95.5 Å². The van der Waals surface area contributed by atoms with E-state index in [9.17, 15) is 66.8 Å². The Kier molecular flexibility index (Phi) is 33.6. The molecule has 118 heavy (non-hydrogen) atoms. The third-order valence-corrected chi connectivity index (χ3v) is 22.2. The van der Waals surface area contributed by atoms with E-state index >= 15 is 0 Å². The number of carbonyl (C=O) groups excluding carboxylic acids is 3. The summed E-state index contributed by atoms with van der Waals surface area (Å²) in [5.41, 5.74) is 5.54. The zero-order valence-corrected chi connectivity index (χ0v) is 72.8. The number of carbonyl (C=O) groups is 4. The van der Waals surface area contributed by atoms with E-state index in [-0.39, 0.29) is 133 Å². The first-order valence-corrected chi connectivity index (χ1v) is 40.1. The van der Waals surface area contributed by atoms with Crippen LogP contribution in [-0.2, 0) is 19.3 Å². The number of hydrogen-bond donors (Lipinski definition) is 3. The summed E-state index contributed by atoms with van der Waals surface area (Å²) in [5.74, 6) is -0.309. The third kappa shape index (κ3) is 21.2. The van der Waals surface area contributed by atoms with Gasteiger partial charge >= 0.3 is 5.97 Å². The molecule has 11 aromatic rings. The molecule has 0 aliphatic rings. The van der Waals surface area contributed by atoms with Gasteiger partial charge in [-0.2, -0.15) is 0 Å². The minimum absolute atomic E-state index is 0.0181. The van der Waals surface area contributed by atoms with Crippen LogP contribution >= 0.6 is 34.8 Å². The van der Waals surface area contributed by atoms with Crippen LogP contribution in [0.15, 0.2) is 147 Å². The molecule has 0 aliphatic carbocycles. The molecule has 0 saturated carbocycles.